The zero-order valence-corrected chi connectivity index (χ0v) is 14.0. The summed E-state index contributed by atoms with van der Waals surface area (Å²) in [6.07, 6.45) is 1.23. The van der Waals surface area contributed by atoms with Gasteiger partial charge in [-0.2, -0.15) is 4.99 Å². The summed E-state index contributed by atoms with van der Waals surface area (Å²) in [5, 5.41) is 0.750. The summed E-state index contributed by atoms with van der Waals surface area (Å²) in [7, 11) is 0. The number of alkyl halides is 1. The number of thiophene rings is 1. The lowest BCUT2D eigenvalue weighted by atomic mass is 10.3. The minimum atomic E-state index is -0.971. The predicted molar refractivity (Wildman–Crippen MR) is 86.8 cm³/mol. The van der Waals surface area contributed by atoms with Crippen LogP contribution in [0.2, 0.25) is 0 Å². The molecule has 0 saturated carbocycles. The molecule has 6 nitrogen and oxygen atoms in total. The van der Waals surface area contributed by atoms with Gasteiger partial charge < -0.3 is 10.6 Å². The molecule has 1 aliphatic heterocycles. The highest BCUT2D eigenvalue weighted by atomic mass is 32.1. The van der Waals surface area contributed by atoms with Gasteiger partial charge in [-0.1, -0.05) is 0 Å². The van der Waals surface area contributed by atoms with Gasteiger partial charge in [0.2, 0.25) is 0 Å². The van der Waals surface area contributed by atoms with E-state index in [1.165, 1.54) is 27.6 Å². The Labute approximate surface area is 139 Å². The summed E-state index contributed by atoms with van der Waals surface area (Å²) in [4.78, 5) is 30.8. The first-order valence-electron chi connectivity index (χ1n) is 7.01. The van der Waals surface area contributed by atoms with Gasteiger partial charge in [0.05, 0.1) is 11.4 Å². The van der Waals surface area contributed by atoms with E-state index in [9.17, 15) is 14.0 Å². The van der Waals surface area contributed by atoms with Gasteiger partial charge in [0.25, 0.3) is 5.91 Å². The third-order valence-electron chi connectivity index (χ3n) is 3.43. The van der Waals surface area contributed by atoms with Crippen LogP contribution in [0.3, 0.4) is 0 Å². The number of aromatic nitrogens is 1. The fourth-order valence-corrected chi connectivity index (χ4v) is 4.04. The second-order valence-corrected chi connectivity index (χ2v) is 7.50. The Morgan fingerprint density at radius 1 is 1.39 bits per heavy atom. The molecule has 9 heteroatoms. The molecule has 23 heavy (non-hydrogen) atoms. The Hall–Kier alpha value is -2.00. The standard InChI is InChI=1S/C14H15FN4O2S2/c1-8-6-19(11-3-2-10(23-11)12(16)20)14(22-8)17-13(21)18-5-4-9(15)7-18/h2-3,6,9H,4-5,7H2,1H3,(H2,16,20)/t9-/m1/s1. The summed E-state index contributed by atoms with van der Waals surface area (Å²) in [5.74, 6) is -0.491. The van der Waals surface area contributed by atoms with Crippen LogP contribution in [0.15, 0.2) is 23.3 Å². The first kappa shape index (κ1) is 15.9. The number of hydrogen-bond acceptors (Lipinski definition) is 4. The third kappa shape index (κ3) is 3.35. The van der Waals surface area contributed by atoms with Crippen molar-refractivity contribution in [3.05, 3.63) is 32.9 Å². The number of thiazole rings is 1. The highest BCUT2D eigenvalue weighted by Crippen LogP contribution is 2.21. The van der Waals surface area contributed by atoms with Gasteiger partial charge in [0.15, 0.2) is 4.80 Å². The lowest BCUT2D eigenvalue weighted by Crippen LogP contribution is -2.28. The van der Waals surface area contributed by atoms with Crippen molar-refractivity contribution < 1.29 is 14.0 Å². The van der Waals surface area contributed by atoms with Crippen LogP contribution in [0, 0.1) is 6.92 Å². The van der Waals surface area contributed by atoms with E-state index in [0.29, 0.717) is 22.6 Å². The molecule has 0 aliphatic carbocycles. The lowest BCUT2D eigenvalue weighted by molar-refractivity contribution is 0.100. The zero-order chi connectivity index (χ0) is 16.6. The molecule has 2 N–H and O–H groups in total. The van der Waals surface area contributed by atoms with Crippen LogP contribution in [0.5, 0.6) is 0 Å². The minimum absolute atomic E-state index is 0.0948. The SMILES string of the molecule is Cc1cn(-c2ccc(C(N)=O)s2)c(=NC(=O)N2CC[C@@H](F)C2)s1. The number of hydrogen-bond donors (Lipinski definition) is 1. The smallest absolute Gasteiger partial charge is 0.346 e. The van der Waals surface area contributed by atoms with Crippen molar-refractivity contribution in [3.8, 4) is 5.00 Å². The number of nitrogens with two attached hydrogens (primary N) is 1. The minimum Gasteiger partial charge on any atom is -0.365 e. The molecule has 3 heterocycles. The van der Waals surface area contributed by atoms with Crippen LogP contribution in [0.4, 0.5) is 9.18 Å². The summed E-state index contributed by atoms with van der Waals surface area (Å²) in [6.45, 7) is 2.39. The lowest BCUT2D eigenvalue weighted by Gasteiger charge is -2.10. The number of aryl methyl sites for hydroxylation is 1. The average molecular weight is 354 g/mol. The quantitative estimate of drug-likeness (QED) is 0.896. The van der Waals surface area contributed by atoms with Crippen LogP contribution in [0.25, 0.3) is 5.00 Å². The van der Waals surface area contributed by atoms with Crippen molar-refractivity contribution >= 4 is 34.6 Å². The van der Waals surface area contributed by atoms with Gasteiger partial charge in [-0.15, -0.1) is 22.7 Å². The number of primary amides is 1. The monoisotopic (exact) mass is 354 g/mol. The van der Waals surface area contributed by atoms with Crippen LogP contribution in [0.1, 0.15) is 21.0 Å². The van der Waals surface area contributed by atoms with Crippen LogP contribution >= 0.6 is 22.7 Å². The topological polar surface area (TPSA) is 80.7 Å². The normalized spacial score (nSPS) is 18.6. The molecule has 3 rings (SSSR count). The van der Waals surface area contributed by atoms with Gasteiger partial charge in [-0.25, -0.2) is 9.18 Å². The van der Waals surface area contributed by atoms with E-state index in [0.717, 1.165) is 9.88 Å². The zero-order valence-electron chi connectivity index (χ0n) is 12.4. The molecule has 0 radical (unpaired) electrons. The maximum absolute atomic E-state index is 13.2. The Morgan fingerprint density at radius 3 is 2.78 bits per heavy atom. The number of nitrogens with zero attached hydrogens (tertiary/aromatic N) is 3. The predicted octanol–water partition coefficient (Wildman–Crippen LogP) is 2.07. The molecule has 1 atom stereocenters. The van der Waals surface area contributed by atoms with Gasteiger partial charge >= 0.3 is 6.03 Å². The number of carbonyl (C=O) groups is 2. The summed E-state index contributed by atoms with van der Waals surface area (Å²) in [6, 6.07) is 2.96. The van der Waals surface area contributed by atoms with Crippen molar-refractivity contribution in [2.75, 3.05) is 13.1 Å². The average Bonchev–Trinajstić information content (AvgIpc) is 3.18. The van der Waals surface area contributed by atoms with E-state index >= 15 is 0 Å². The van der Waals surface area contributed by atoms with Crippen LogP contribution in [-0.2, 0) is 0 Å². The van der Waals surface area contributed by atoms with Gasteiger partial charge in [-0.3, -0.25) is 9.36 Å². The molecule has 1 saturated heterocycles. The van der Waals surface area contributed by atoms with Crippen molar-refractivity contribution in [2.24, 2.45) is 10.7 Å². The number of amides is 3. The van der Waals surface area contributed by atoms with Gasteiger partial charge in [0.1, 0.15) is 11.2 Å². The second-order valence-electron chi connectivity index (χ2n) is 5.22. The fraction of sp³-hybridized carbons (Fsp3) is 0.357. The van der Waals surface area contributed by atoms with E-state index in [1.807, 2.05) is 13.1 Å². The Bertz CT molecular complexity index is 823. The Balaban J connectivity index is 1.95. The molecule has 1 aliphatic rings. The van der Waals surface area contributed by atoms with E-state index in [4.69, 9.17) is 5.73 Å². The number of carbonyl (C=O) groups excluding carboxylic acids is 2. The summed E-state index contributed by atoms with van der Waals surface area (Å²) >= 11 is 2.59. The van der Waals surface area contributed by atoms with Crippen LogP contribution in [-0.4, -0.2) is 40.7 Å². The van der Waals surface area contributed by atoms with Crippen molar-refractivity contribution in [1.29, 1.82) is 0 Å². The number of likely N-dealkylation sites (tertiary alicyclic amines) is 1. The molecule has 3 amide bonds. The molecule has 0 unspecified atom stereocenters. The first-order chi connectivity index (χ1) is 10.9. The van der Waals surface area contributed by atoms with Crippen molar-refractivity contribution in [2.45, 2.75) is 19.5 Å². The van der Waals surface area contributed by atoms with Crippen molar-refractivity contribution in [3.63, 3.8) is 0 Å². The molecule has 122 valence electrons. The van der Waals surface area contributed by atoms with Gasteiger partial charge in [0, 0.05) is 17.6 Å². The molecule has 2 aromatic heterocycles. The van der Waals surface area contributed by atoms with E-state index in [2.05, 4.69) is 4.99 Å². The number of urea groups is 1. The Kier molecular flexibility index (Phi) is 4.31. The van der Waals surface area contributed by atoms with E-state index < -0.39 is 18.1 Å². The van der Waals surface area contributed by atoms with E-state index in [1.54, 1.807) is 16.7 Å². The van der Waals surface area contributed by atoms with E-state index in [-0.39, 0.29) is 6.54 Å². The number of halogens is 1. The molecular formula is C14H15FN4O2S2. The largest absolute Gasteiger partial charge is 0.365 e. The maximum atomic E-state index is 13.2. The molecule has 1 fully saturated rings. The van der Waals surface area contributed by atoms with Crippen LogP contribution < -0.4 is 10.5 Å². The second kappa shape index (κ2) is 6.25. The summed E-state index contributed by atoms with van der Waals surface area (Å²) in [5.41, 5.74) is 5.27. The third-order valence-corrected chi connectivity index (χ3v) is 5.43. The van der Waals surface area contributed by atoms with Crippen molar-refractivity contribution in [1.82, 2.24) is 9.47 Å². The molecule has 0 bridgehead atoms. The molecule has 2 aromatic rings. The molecule has 0 spiro atoms. The first-order valence-corrected chi connectivity index (χ1v) is 8.64. The van der Waals surface area contributed by atoms with Gasteiger partial charge in [-0.05, 0) is 25.5 Å². The number of rotatable bonds is 2. The summed E-state index contributed by atoms with van der Waals surface area (Å²) < 4.78 is 15.0. The molecule has 0 aromatic carbocycles. The molecular weight excluding hydrogens is 339 g/mol. The Morgan fingerprint density at radius 2 is 2.17 bits per heavy atom. The maximum Gasteiger partial charge on any atom is 0.346 e. The highest BCUT2D eigenvalue weighted by Gasteiger charge is 2.25. The fourth-order valence-electron chi connectivity index (χ4n) is 2.32. The highest BCUT2D eigenvalue weighted by molar-refractivity contribution is 7.16.